The number of para-hydroxylation sites is 1. The van der Waals surface area contributed by atoms with Crippen LogP contribution in [0.2, 0.25) is 0 Å². The fraction of sp³-hybridized carbons (Fsp3) is 0.257. The summed E-state index contributed by atoms with van der Waals surface area (Å²) < 4.78 is 17.6. The molecule has 0 saturated carbocycles. The van der Waals surface area contributed by atoms with E-state index in [-0.39, 0.29) is 48.5 Å². The Morgan fingerprint density at radius 2 is 1.74 bits per heavy atom. The highest BCUT2D eigenvalue weighted by Gasteiger charge is 2.33. The Balaban J connectivity index is 1.43. The third kappa shape index (κ3) is 7.48. The number of nitrogens with zero attached hydrogens (tertiary/aromatic N) is 1. The highest BCUT2D eigenvalue weighted by molar-refractivity contribution is 9.10. The highest BCUT2D eigenvalue weighted by Crippen LogP contribution is 2.37. The number of hydrogen-bond acceptors (Lipinski definition) is 8. The molecule has 11 heteroatoms. The molecule has 238 valence electrons. The number of carbonyl (C=O) groups is 3. The van der Waals surface area contributed by atoms with Gasteiger partial charge in [0.1, 0.15) is 18.4 Å². The first-order valence-electron chi connectivity index (χ1n) is 14.8. The van der Waals surface area contributed by atoms with Gasteiger partial charge in [0.25, 0.3) is 0 Å². The quantitative estimate of drug-likeness (QED) is 0.120. The fourth-order valence-electron chi connectivity index (χ4n) is 5.15. The maximum atomic E-state index is 13.9. The van der Waals surface area contributed by atoms with Gasteiger partial charge in [0.05, 0.1) is 25.0 Å². The number of nitrogens with one attached hydrogen (secondary N) is 2. The minimum Gasteiger partial charge on any atom is -0.508 e. The van der Waals surface area contributed by atoms with Crippen LogP contribution < -0.4 is 5.32 Å². The van der Waals surface area contributed by atoms with E-state index in [1.54, 1.807) is 18.3 Å². The molecule has 0 aliphatic rings. The number of hydrogen-bond donors (Lipinski definition) is 3. The SMILES string of the molecule is COC(=O)c1nc([C@@H](NC(=O)[C@@H](CC(=O)OCc2ccccc2)Cc2ccc(O)cc2)C(C)C)oc1-c1c[nH]c2c(Br)cccc12. The van der Waals surface area contributed by atoms with E-state index in [0.717, 1.165) is 26.5 Å². The largest absolute Gasteiger partial charge is 0.508 e. The number of aromatic amines is 1. The van der Waals surface area contributed by atoms with Crippen molar-refractivity contribution in [3.63, 3.8) is 0 Å². The van der Waals surface area contributed by atoms with Crippen LogP contribution in [0.25, 0.3) is 22.2 Å². The summed E-state index contributed by atoms with van der Waals surface area (Å²) in [5, 5.41) is 13.6. The molecule has 0 radical (unpaired) electrons. The average Bonchev–Trinajstić information content (AvgIpc) is 3.68. The predicted octanol–water partition coefficient (Wildman–Crippen LogP) is 6.88. The third-order valence-electron chi connectivity index (χ3n) is 7.61. The highest BCUT2D eigenvalue weighted by atomic mass is 79.9. The molecule has 3 N–H and O–H groups in total. The molecule has 0 aliphatic heterocycles. The smallest absolute Gasteiger partial charge is 0.360 e. The van der Waals surface area contributed by atoms with Crippen molar-refractivity contribution in [3.8, 4) is 17.1 Å². The van der Waals surface area contributed by atoms with Crippen molar-refractivity contribution in [2.24, 2.45) is 11.8 Å². The number of aromatic nitrogens is 2. The summed E-state index contributed by atoms with van der Waals surface area (Å²) in [5.74, 6) is -2.23. The summed E-state index contributed by atoms with van der Waals surface area (Å²) in [6, 6.07) is 20.7. The summed E-state index contributed by atoms with van der Waals surface area (Å²) in [6.07, 6.45) is 1.76. The second-order valence-corrected chi connectivity index (χ2v) is 12.1. The van der Waals surface area contributed by atoms with Gasteiger partial charge in [-0.2, -0.15) is 0 Å². The molecule has 0 saturated heterocycles. The van der Waals surface area contributed by atoms with Crippen LogP contribution in [0.5, 0.6) is 5.75 Å². The van der Waals surface area contributed by atoms with Gasteiger partial charge in [-0.25, -0.2) is 9.78 Å². The standard InChI is InChI=1S/C35H34BrN3O7/c1-20(2)29(34-39-31(35(43)44-3)32(46-34)26-18-37-30-25(26)10-7-11-27(30)36)38-33(42)23(16-21-12-14-24(40)15-13-21)17-28(41)45-19-22-8-5-4-6-9-22/h4-15,18,20,23,29,37,40H,16-17,19H2,1-3H3,(H,38,42)/t23-,29+/m1/s1. The summed E-state index contributed by atoms with van der Waals surface area (Å²) in [7, 11) is 1.26. The summed E-state index contributed by atoms with van der Waals surface area (Å²) in [6.45, 7) is 3.86. The molecule has 0 fully saturated rings. The van der Waals surface area contributed by atoms with Crippen molar-refractivity contribution in [2.75, 3.05) is 7.11 Å². The number of amides is 1. The van der Waals surface area contributed by atoms with Crippen molar-refractivity contribution < 1.29 is 33.4 Å². The van der Waals surface area contributed by atoms with Crippen LogP contribution in [0.3, 0.4) is 0 Å². The number of rotatable bonds is 12. The number of carbonyl (C=O) groups excluding carboxylic acids is 3. The molecule has 2 aromatic heterocycles. The molecule has 2 atom stereocenters. The first-order valence-corrected chi connectivity index (χ1v) is 15.6. The van der Waals surface area contributed by atoms with Gasteiger partial charge in [-0.1, -0.05) is 68.4 Å². The lowest BCUT2D eigenvalue weighted by molar-refractivity contribution is -0.148. The van der Waals surface area contributed by atoms with E-state index in [1.807, 2.05) is 62.4 Å². The number of fused-ring (bicyclic) bond motifs is 1. The Labute approximate surface area is 274 Å². The maximum Gasteiger partial charge on any atom is 0.360 e. The minimum atomic E-state index is -0.811. The topological polar surface area (TPSA) is 144 Å². The fourth-order valence-corrected chi connectivity index (χ4v) is 5.63. The monoisotopic (exact) mass is 687 g/mol. The Kier molecular flexibility index (Phi) is 10.2. The van der Waals surface area contributed by atoms with Crippen molar-refractivity contribution >= 4 is 44.7 Å². The lowest BCUT2D eigenvalue weighted by Gasteiger charge is -2.23. The summed E-state index contributed by atoms with van der Waals surface area (Å²) in [5.41, 5.74) is 2.99. The van der Waals surface area contributed by atoms with Gasteiger partial charge in [0, 0.05) is 21.6 Å². The van der Waals surface area contributed by atoms with Crippen LogP contribution in [0.15, 0.2) is 87.9 Å². The van der Waals surface area contributed by atoms with Crippen molar-refractivity contribution in [3.05, 3.63) is 106 Å². The average molecular weight is 689 g/mol. The zero-order valence-corrected chi connectivity index (χ0v) is 27.2. The van der Waals surface area contributed by atoms with Crippen LogP contribution in [-0.4, -0.2) is 40.0 Å². The van der Waals surface area contributed by atoms with Gasteiger partial charge in [-0.15, -0.1) is 0 Å². The molecular formula is C35H34BrN3O7. The van der Waals surface area contributed by atoms with E-state index in [9.17, 15) is 19.5 Å². The second-order valence-electron chi connectivity index (χ2n) is 11.2. The number of phenolic OH excluding ortho intramolecular Hbond substituents is 1. The molecule has 0 aliphatic carbocycles. The van der Waals surface area contributed by atoms with Crippen molar-refractivity contribution in [2.45, 2.75) is 39.3 Å². The Morgan fingerprint density at radius 3 is 2.43 bits per heavy atom. The molecule has 46 heavy (non-hydrogen) atoms. The van der Waals surface area contributed by atoms with E-state index >= 15 is 0 Å². The number of phenols is 1. The number of aromatic hydroxyl groups is 1. The van der Waals surface area contributed by atoms with Crippen molar-refractivity contribution in [1.29, 1.82) is 0 Å². The predicted molar refractivity (Wildman–Crippen MR) is 175 cm³/mol. The number of methoxy groups -OCH3 is 1. The third-order valence-corrected chi connectivity index (χ3v) is 8.27. The lowest BCUT2D eigenvalue weighted by atomic mass is 9.94. The van der Waals surface area contributed by atoms with Crippen LogP contribution in [0.1, 0.15) is 53.8 Å². The summed E-state index contributed by atoms with van der Waals surface area (Å²) in [4.78, 5) is 47.4. The van der Waals surface area contributed by atoms with Gasteiger partial charge in [0.2, 0.25) is 11.8 Å². The van der Waals surface area contributed by atoms with E-state index in [1.165, 1.54) is 19.2 Å². The molecule has 5 rings (SSSR count). The van der Waals surface area contributed by atoms with Crippen LogP contribution in [0.4, 0.5) is 0 Å². The maximum absolute atomic E-state index is 13.9. The molecule has 10 nitrogen and oxygen atoms in total. The second kappa shape index (κ2) is 14.5. The zero-order valence-electron chi connectivity index (χ0n) is 25.6. The molecule has 0 unspecified atom stereocenters. The zero-order chi connectivity index (χ0) is 32.8. The Bertz CT molecular complexity index is 1830. The number of benzene rings is 3. The van der Waals surface area contributed by atoms with Gasteiger partial charge in [-0.05, 0) is 57.6 Å². The Morgan fingerprint density at radius 1 is 1.00 bits per heavy atom. The van der Waals surface area contributed by atoms with E-state index in [2.05, 4.69) is 31.2 Å². The number of halogens is 1. The number of H-pyrrole nitrogens is 1. The Hall–Kier alpha value is -4.90. The first-order chi connectivity index (χ1) is 22.1. The van der Waals surface area contributed by atoms with Gasteiger partial charge in [-0.3, -0.25) is 9.59 Å². The normalized spacial score (nSPS) is 12.5. The van der Waals surface area contributed by atoms with E-state index in [4.69, 9.17) is 13.9 Å². The van der Waals surface area contributed by atoms with Crippen LogP contribution in [0, 0.1) is 11.8 Å². The van der Waals surface area contributed by atoms with E-state index < -0.39 is 29.8 Å². The van der Waals surface area contributed by atoms with Crippen LogP contribution in [-0.2, 0) is 32.1 Å². The molecule has 2 heterocycles. The molecule has 0 spiro atoms. The molecule has 1 amide bonds. The molecule has 5 aromatic rings. The number of ether oxygens (including phenoxy) is 2. The number of esters is 2. The summed E-state index contributed by atoms with van der Waals surface area (Å²) >= 11 is 3.54. The van der Waals surface area contributed by atoms with Crippen LogP contribution >= 0.6 is 15.9 Å². The lowest BCUT2D eigenvalue weighted by Crippen LogP contribution is -2.38. The van der Waals surface area contributed by atoms with Gasteiger partial charge < -0.3 is 29.3 Å². The van der Waals surface area contributed by atoms with Gasteiger partial charge >= 0.3 is 11.9 Å². The van der Waals surface area contributed by atoms with Gasteiger partial charge in [0.15, 0.2) is 11.5 Å². The molecular weight excluding hydrogens is 654 g/mol. The molecule has 0 bridgehead atoms. The number of oxazole rings is 1. The molecule has 3 aromatic carbocycles. The van der Waals surface area contributed by atoms with Crippen molar-refractivity contribution in [1.82, 2.24) is 15.3 Å². The minimum absolute atomic E-state index is 0.0246. The first kappa shape index (κ1) is 32.5. The van der Waals surface area contributed by atoms with E-state index in [0.29, 0.717) is 5.56 Å².